The highest BCUT2D eigenvalue weighted by Crippen LogP contribution is 2.38. The normalized spacial score (nSPS) is 24.9. The van der Waals surface area contributed by atoms with Gasteiger partial charge in [-0.25, -0.2) is 9.97 Å². The van der Waals surface area contributed by atoms with Crippen LogP contribution in [0, 0.1) is 0 Å². The van der Waals surface area contributed by atoms with E-state index in [1.807, 2.05) is 0 Å². The second kappa shape index (κ2) is 7.10. The van der Waals surface area contributed by atoms with Crippen molar-refractivity contribution < 1.29 is 9.47 Å². The van der Waals surface area contributed by atoms with E-state index in [9.17, 15) is 0 Å². The lowest BCUT2D eigenvalue weighted by atomic mass is 9.91. The monoisotopic (exact) mass is 369 g/mol. The summed E-state index contributed by atoms with van der Waals surface area (Å²) in [6, 6.07) is 9.10. The largest absolute Gasteiger partial charge is 0.474 e. The number of fused-ring (bicyclic) bond motifs is 3. The topological polar surface area (TPSA) is 47.5 Å². The van der Waals surface area contributed by atoms with Crippen molar-refractivity contribution in [1.29, 1.82) is 0 Å². The summed E-state index contributed by atoms with van der Waals surface area (Å²) < 4.78 is 13.1. The number of ether oxygens (including phenoxy) is 2. The molecule has 5 rings (SSSR count). The minimum absolute atomic E-state index is 0.254. The zero-order valence-electron chi connectivity index (χ0n) is 14.8. The van der Waals surface area contributed by atoms with Gasteiger partial charge in [-0.05, 0) is 31.7 Å². The van der Waals surface area contributed by atoms with Gasteiger partial charge in [0.1, 0.15) is 17.3 Å². The molecule has 0 spiro atoms. The number of hydrogen-bond acceptors (Lipinski definition) is 6. The van der Waals surface area contributed by atoms with E-state index < -0.39 is 0 Å². The number of thiophene rings is 1. The van der Waals surface area contributed by atoms with Crippen LogP contribution in [0.5, 0.6) is 5.88 Å². The zero-order chi connectivity index (χ0) is 17.3. The Bertz CT molecular complexity index is 898. The van der Waals surface area contributed by atoms with E-state index >= 15 is 0 Å². The summed E-state index contributed by atoms with van der Waals surface area (Å²) in [6.45, 7) is 3.90. The standard InChI is InChI=1S/C20H23N3O2S/c1-2-4-17-16(3-1)18-19(21-13-22-20(18)26-17)25-15-7-5-14(6-8-15)23-9-11-24-12-10-23/h1-4,13-15H,5-12H2. The Hall–Kier alpha value is -1.76. The molecular formula is C20H23N3O2S. The second-order valence-corrected chi connectivity index (χ2v) is 8.18. The molecule has 2 aromatic heterocycles. The maximum atomic E-state index is 6.38. The van der Waals surface area contributed by atoms with Crippen LogP contribution in [-0.4, -0.2) is 53.3 Å². The lowest BCUT2D eigenvalue weighted by molar-refractivity contribution is -0.00125. The first kappa shape index (κ1) is 16.4. The summed E-state index contributed by atoms with van der Waals surface area (Å²) in [6.07, 6.45) is 6.47. The quantitative estimate of drug-likeness (QED) is 0.701. The van der Waals surface area contributed by atoms with Crippen LogP contribution in [0.25, 0.3) is 20.3 Å². The SMILES string of the molecule is c1ccc2c(c1)sc1ncnc(OC3CCC(N4CCOCC4)CC3)c12. The van der Waals surface area contributed by atoms with Crippen molar-refractivity contribution in [2.24, 2.45) is 0 Å². The molecule has 2 fully saturated rings. The van der Waals surface area contributed by atoms with Gasteiger partial charge in [-0.3, -0.25) is 4.90 Å². The van der Waals surface area contributed by atoms with Crippen LogP contribution >= 0.6 is 11.3 Å². The first-order valence-electron chi connectivity index (χ1n) is 9.49. The van der Waals surface area contributed by atoms with Crippen molar-refractivity contribution in [3.05, 3.63) is 30.6 Å². The third-order valence-corrected chi connectivity index (χ3v) is 6.70. The minimum Gasteiger partial charge on any atom is -0.474 e. The molecule has 0 radical (unpaired) electrons. The van der Waals surface area contributed by atoms with Gasteiger partial charge in [0.05, 0.1) is 18.6 Å². The number of rotatable bonds is 3. The number of aromatic nitrogens is 2. The Morgan fingerprint density at radius 2 is 1.85 bits per heavy atom. The van der Waals surface area contributed by atoms with Gasteiger partial charge in [0.25, 0.3) is 0 Å². The van der Waals surface area contributed by atoms with Crippen molar-refractivity contribution in [1.82, 2.24) is 14.9 Å². The van der Waals surface area contributed by atoms with E-state index in [0.29, 0.717) is 6.04 Å². The van der Waals surface area contributed by atoms with Gasteiger partial charge in [0.2, 0.25) is 5.88 Å². The zero-order valence-corrected chi connectivity index (χ0v) is 15.6. The van der Waals surface area contributed by atoms with Crippen molar-refractivity contribution >= 4 is 31.6 Å². The molecule has 2 aliphatic rings. The van der Waals surface area contributed by atoms with Gasteiger partial charge in [-0.1, -0.05) is 18.2 Å². The molecule has 0 unspecified atom stereocenters. The van der Waals surface area contributed by atoms with E-state index in [4.69, 9.17) is 9.47 Å². The van der Waals surface area contributed by atoms with Crippen LogP contribution in [0.1, 0.15) is 25.7 Å². The minimum atomic E-state index is 0.254. The molecule has 3 heterocycles. The number of benzene rings is 1. The van der Waals surface area contributed by atoms with Gasteiger partial charge in [-0.2, -0.15) is 0 Å². The van der Waals surface area contributed by atoms with Gasteiger partial charge in [0, 0.05) is 29.2 Å². The average molecular weight is 369 g/mol. The summed E-state index contributed by atoms with van der Waals surface area (Å²) in [5.41, 5.74) is 0. The first-order valence-corrected chi connectivity index (χ1v) is 10.3. The highest BCUT2D eigenvalue weighted by Gasteiger charge is 2.28. The molecule has 0 bridgehead atoms. The lowest BCUT2D eigenvalue weighted by Gasteiger charge is -2.38. The Kier molecular flexibility index (Phi) is 4.48. The van der Waals surface area contributed by atoms with Crippen molar-refractivity contribution in [2.45, 2.75) is 37.8 Å². The molecule has 1 saturated heterocycles. The molecule has 6 heteroatoms. The lowest BCUT2D eigenvalue weighted by Crippen LogP contribution is -2.46. The van der Waals surface area contributed by atoms with E-state index in [1.165, 1.54) is 22.9 Å². The highest BCUT2D eigenvalue weighted by molar-refractivity contribution is 7.25. The second-order valence-electron chi connectivity index (χ2n) is 7.15. The van der Waals surface area contributed by atoms with Gasteiger partial charge >= 0.3 is 0 Å². The summed E-state index contributed by atoms with van der Waals surface area (Å²) in [7, 11) is 0. The molecule has 5 nitrogen and oxygen atoms in total. The molecule has 0 atom stereocenters. The number of morpholine rings is 1. The van der Waals surface area contributed by atoms with Crippen molar-refractivity contribution in [3.63, 3.8) is 0 Å². The van der Waals surface area contributed by atoms with Gasteiger partial charge < -0.3 is 9.47 Å². The molecule has 0 amide bonds. The van der Waals surface area contributed by atoms with E-state index in [2.05, 4.69) is 39.1 Å². The fourth-order valence-electron chi connectivity index (χ4n) is 4.25. The van der Waals surface area contributed by atoms with E-state index in [0.717, 1.165) is 55.2 Å². The summed E-state index contributed by atoms with van der Waals surface area (Å²) in [5.74, 6) is 0.752. The van der Waals surface area contributed by atoms with Crippen LogP contribution in [0.15, 0.2) is 30.6 Å². The van der Waals surface area contributed by atoms with Crippen LogP contribution in [0.4, 0.5) is 0 Å². The van der Waals surface area contributed by atoms with Crippen molar-refractivity contribution in [3.8, 4) is 5.88 Å². The fraction of sp³-hybridized carbons (Fsp3) is 0.500. The van der Waals surface area contributed by atoms with Crippen LogP contribution < -0.4 is 4.74 Å². The predicted molar refractivity (Wildman–Crippen MR) is 104 cm³/mol. The third kappa shape index (κ3) is 3.06. The summed E-state index contributed by atoms with van der Waals surface area (Å²) >= 11 is 1.71. The van der Waals surface area contributed by atoms with Crippen LogP contribution in [0.2, 0.25) is 0 Å². The number of hydrogen-bond donors (Lipinski definition) is 0. The van der Waals surface area contributed by atoms with Crippen LogP contribution in [0.3, 0.4) is 0 Å². The molecule has 1 aliphatic heterocycles. The Balaban J connectivity index is 1.33. The molecule has 1 aromatic carbocycles. The molecule has 3 aromatic rings. The van der Waals surface area contributed by atoms with Crippen molar-refractivity contribution in [2.75, 3.05) is 26.3 Å². The molecule has 1 aliphatic carbocycles. The fourth-order valence-corrected chi connectivity index (χ4v) is 5.28. The molecular weight excluding hydrogens is 346 g/mol. The molecule has 26 heavy (non-hydrogen) atoms. The summed E-state index contributed by atoms with van der Waals surface area (Å²) in [4.78, 5) is 12.5. The Morgan fingerprint density at radius 1 is 1.04 bits per heavy atom. The molecule has 1 saturated carbocycles. The smallest absolute Gasteiger partial charge is 0.226 e. The van der Waals surface area contributed by atoms with E-state index in [-0.39, 0.29) is 6.10 Å². The predicted octanol–water partition coefficient (Wildman–Crippen LogP) is 3.87. The molecule has 136 valence electrons. The maximum absolute atomic E-state index is 6.38. The van der Waals surface area contributed by atoms with Gasteiger partial charge in [-0.15, -0.1) is 11.3 Å². The molecule has 0 N–H and O–H groups in total. The number of nitrogens with zero attached hydrogens (tertiary/aromatic N) is 3. The Morgan fingerprint density at radius 3 is 2.69 bits per heavy atom. The van der Waals surface area contributed by atoms with Crippen LogP contribution in [-0.2, 0) is 4.74 Å². The average Bonchev–Trinajstić information content (AvgIpc) is 3.09. The third-order valence-electron chi connectivity index (χ3n) is 5.62. The summed E-state index contributed by atoms with van der Waals surface area (Å²) in [5, 5.41) is 2.27. The van der Waals surface area contributed by atoms with Gasteiger partial charge in [0.15, 0.2) is 0 Å². The Labute approximate surface area is 156 Å². The first-order chi connectivity index (χ1) is 12.9. The highest BCUT2D eigenvalue weighted by atomic mass is 32.1. The van der Waals surface area contributed by atoms with E-state index in [1.54, 1.807) is 17.7 Å². The maximum Gasteiger partial charge on any atom is 0.226 e.